The molecule has 0 amide bonds. The monoisotopic (exact) mass is 236 g/mol. The average Bonchev–Trinajstić information content (AvgIpc) is 2.33. The highest BCUT2D eigenvalue weighted by Crippen LogP contribution is 2.37. The fourth-order valence-electron chi connectivity index (χ4n) is 1.61. The van der Waals surface area contributed by atoms with Gasteiger partial charge in [0.05, 0.1) is 7.11 Å². The van der Waals surface area contributed by atoms with Gasteiger partial charge < -0.3 is 9.84 Å². The van der Waals surface area contributed by atoms with E-state index >= 15 is 0 Å². The van der Waals surface area contributed by atoms with Crippen molar-refractivity contribution in [3.05, 3.63) is 48.0 Å². The first-order valence-electron chi connectivity index (χ1n) is 4.95. The topological polar surface area (TPSA) is 29.5 Å². The molecule has 0 unspecified atom stereocenters. The summed E-state index contributed by atoms with van der Waals surface area (Å²) in [5, 5.41) is 9.84. The van der Waals surface area contributed by atoms with Crippen LogP contribution in [0.15, 0.2) is 36.4 Å². The van der Waals surface area contributed by atoms with Gasteiger partial charge in [0.15, 0.2) is 11.5 Å². The number of ether oxygens (including phenoxy) is 1. The quantitative estimate of drug-likeness (QED) is 0.866. The fourth-order valence-corrected chi connectivity index (χ4v) is 1.61. The maximum Gasteiger partial charge on any atom is 0.165 e. The van der Waals surface area contributed by atoms with E-state index in [4.69, 9.17) is 4.74 Å². The van der Waals surface area contributed by atoms with E-state index in [9.17, 15) is 13.9 Å². The SMILES string of the molecule is COc1cccc(-c2cc(F)ccc2F)c1O. The Hall–Kier alpha value is -2.10. The molecular weight excluding hydrogens is 226 g/mol. The minimum Gasteiger partial charge on any atom is -0.504 e. The highest BCUT2D eigenvalue weighted by atomic mass is 19.1. The molecule has 0 aliphatic heterocycles. The largest absolute Gasteiger partial charge is 0.504 e. The van der Waals surface area contributed by atoms with E-state index in [-0.39, 0.29) is 22.6 Å². The number of hydrogen-bond acceptors (Lipinski definition) is 2. The molecule has 0 aliphatic rings. The van der Waals surface area contributed by atoms with Crippen LogP contribution in [0.4, 0.5) is 8.78 Å². The molecule has 0 spiro atoms. The predicted molar refractivity (Wildman–Crippen MR) is 60.0 cm³/mol. The van der Waals surface area contributed by atoms with Gasteiger partial charge in [-0.2, -0.15) is 0 Å². The number of hydrogen-bond donors (Lipinski definition) is 1. The maximum absolute atomic E-state index is 13.6. The lowest BCUT2D eigenvalue weighted by molar-refractivity contribution is 0.374. The molecule has 17 heavy (non-hydrogen) atoms. The van der Waals surface area contributed by atoms with Gasteiger partial charge in [0.25, 0.3) is 0 Å². The molecule has 2 nitrogen and oxygen atoms in total. The second-order valence-corrected chi connectivity index (χ2v) is 3.48. The van der Waals surface area contributed by atoms with Gasteiger partial charge in [0.1, 0.15) is 11.6 Å². The van der Waals surface area contributed by atoms with Gasteiger partial charge in [-0.15, -0.1) is 0 Å². The molecule has 0 atom stereocenters. The molecule has 2 rings (SSSR count). The molecule has 0 saturated heterocycles. The van der Waals surface area contributed by atoms with Gasteiger partial charge in [-0.1, -0.05) is 12.1 Å². The van der Waals surface area contributed by atoms with Crippen LogP contribution < -0.4 is 4.74 Å². The highest BCUT2D eigenvalue weighted by molar-refractivity contribution is 5.73. The lowest BCUT2D eigenvalue weighted by Gasteiger charge is -2.09. The van der Waals surface area contributed by atoms with Crippen molar-refractivity contribution in [3.63, 3.8) is 0 Å². The Labute approximate surface area is 97.1 Å². The number of aromatic hydroxyl groups is 1. The Morgan fingerprint density at radius 1 is 1.06 bits per heavy atom. The van der Waals surface area contributed by atoms with E-state index < -0.39 is 11.6 Å². The first kappa shape index (κ1) is 11.4. The summed E-state index contributed by atoms with van der Waals surface area (Å²) in [6.07, 6.45) is 0. The molecule has 0 aromatic heterocycles. The van der Waals surface area contributed by atoms with E-state index in [0.29, 0.717) is 0 Å². The average molecular weight is 236 g/mol. The summed E-state index contributed by atoms with van der Waals surface area (Å²) in [7, 11) is 1.39. The first-order valence-corrected chi connectivity index (χ1v) is 4.95. The minimum atomic E-state index is -0.602. The van der Waals surface area contributed by atoms with Crippen molar-refractivity contribution in [1.82, 2.24) is 0 Å². The molecule has 0 radical (unpaired) electrons. The standard InChI is InChI=1S/C13H10F2O2/c1-17-12-4-2-3-9(13(12)16)10-7-8(14)5-6-11(10)15/h2-7,16H,1H3. The van der Waals surface area contributed by atoms with Gasteiger partial charge in [0, 0.05) is 11.1 Å². The zero-order valence-electron chi connectivity index (χ0n) is 9.08. The number of para-hydroxylation sites is 1. The lowest BCUT2D eigenvalue weighted by Crippen LogP contribution is -1.89. The number of phenolic OH excluding ortho intramolecular Hbond substituents is 1. The third kappa shape index (κ3) is 2.06. The van der Waals surface area contributed by atoms with Crippen molar-refractivity contribution in [1.29, 1.82) is 0 Å². The second kappa shape index (κ2) is 4.41. The second-order valence-electron chi connectivity index (χ2n) is 3.48. The van der Waals surface area contributed by atoms with E-state index in [2.05, 4.69) is 0 Å². The Kier molecular flexibility index (Phi) is 2.95. The molecule has 88 valence electrons. The van der Waals surface area contributed by atoms with Crippen LogP contribution in [0.3, 0.4) is 0 Å². The molecule has 0 heterocycles. The van der Waals surface area contributed by atoms with Crippen LogP contribution in [0.25, 0.3) is 11.1 Å². The molecule has 0 saturated carbocycles. The smallest absolute Gasteiger partial charge is 0.165 e. The van der Waals surface area contributed by atoms with Crippen LogP contribution in [0.2, 0.25) is 0 Å². The number of halogens is 2. The van der Waals surface area contributed by atoms with Crippen molar-refractivity contribution < 1.29 is 18.6 Å². The molecule has 2 aromatic carbocycles. The van der Waals surface area contributed by atoms with Gasteiger partial charge in [-0.3, -0.25) is 0 Å². The Morgan fingerprint density at radius 3 is 2.53 bits per heavy atom. The zero-order chi connectivity index (χ0) is 12.4. The van der Waals surface area contributed by atoms with E-state index in [1.54, 1.807) is 6.07 Å². The summed E-state index contributed by atoms with van der Waals surface area (Å²) < 4.78 is 31.5. The van der Waals surface area contributed by atoms with Crippen LogP contribution in [0.5, 0.6) is 11.5 Å². The number of phenols is 1. The van der Waals surface area contributed by atoms with Gasteiger partial charge >= 0.3 is 0 Å². The summed E-state index contributed by atoms with van der Waals surface area (Å²) in [4.78, 5) is 0. The van der Waals surface area contributed by atoms with Crippen LogP contribution in [0, 0.1) is 11.6 Å². The van der Waals surface area contributed by atoms with Crippen LogP contribution in [0.1, 0.15) is 0 Å². The highest BCUT2D eigenvalue weighted by Gasteiger charge is 2.13. The normalized spacial score (nSPS) is 10.3. The van der Waals surface area contributed by atoms with Crippen molar-refractivity contribution >= 4 is 0 Å². The third-order valence-electron chi connectivity index (χ3n) is 2.44. The molecule has 0 fully saturated rings. The van der Waals surface area contributed by atoms with Crippen molar-refractivity contribution in [2.75, 3.05) is 7.11 Å². The van der Waals surface area contributed by atoms with E-state index in [0.717, 1.165) is 18.2 Å². The zero-order valence-corrected chi connectivity index (χ0v) is 9.08. The summed E-state index contributed by atoms with van der Waals surface area (Å²) in [6, 6.07) is 7.70. The summed E-state index contributed by atoms with van der Waals surface area (Å²) >= 11 is 0. The molecule has 0 aliphatic carbocycles. The molecule has 1 N–H and O–H groups in total. The Morgan fingerprint density at radius 2 is 1.82 bits per heavy atom. The van der Waals surface area contributed by atoms with Gasteiger partial charge in [-0.05, 0) is 24.3 Å². The number of benzene rings is 2. The van der Waals surface area contributed by atoms with Crippen LogP contribution in [-0.2, 0) is 0 Å². The first-order chi connectivity index (χ1) is 8.13. The molecule has 2 aromatic rings. The van der Waals surface area contributed by atoms with Crippen molar-refractivity contribution in [2.45, 2.75) is 0 Å². The van der Waals surface area contributed by atoms with Crippen molar-refractivity contribution in [3.8, 4) is 22.6 Å². The fraction of sp³-hybridized carbons (Fsp3) is 0.0769. The van der Waals surface area contributed by atoms with Gasteiger partial charge in [-0.25, -0.2) is 8.78 Å². The summed E-state index contributed by atoms with van der Waals surface area (Å²) in [6.45, 7) is 0. The number of methoxy groups -OCH3 is 1. The number of rotatable bonds is 2. The van der Waals surface area contributed by atoms with E-state index in [1.807, 2.05) is 0 Å². The van der Waals surface area contributed by atoms with Crippen LogP contribution in [-0.4, -0.2) is 12.2 Å². The molecule has 4 heteroatoms. The molecule has 0 bridgehead atoms. The summed E-state index contributed by atoms with van der Waals surface area (Å²) in [5.41, 5.74) is 0.197. The Bertz CT molecular complexity index is 553. The third-order valence-corrected chi connectivity index (χ3v) is 2.44. The van der Waals surface area contributed by atoms with Gasteiger partial charge in [0.2, 0.25) is 0 Å². The summed E-state index contributed by atoms with van der Waals surface area (Å²) in [5.74, 6) is -1.16. The minimum absolute atomic E-state index is 0.00130. The molecular formula is C13H10F2O2. The van der Waals surface area contributed by atoms with Crippen LogP contribution >= 0.6 is 0 Å². The Balaban J connectivity index is 2.64. The lowest BCUT2D eigenvalue weighted by atomic mass is 10.0. The van der Waals surface area contributed by atoms with Crippen molar-refractivity contribution in [2.24, 2.45) is 0 Å². The predicted octanol–water partition coefficient (Wildman–Crippen LogP) is 3.35. The maximum atomic E-state index is 13.6. The van der Waals surface area contributed by atoms with E-state index in [1.165, 1.54) is 19.2 Å².